The molecule has 0 spiro atoms. The van der Waals surface area contributed by atoms with Gasteiger partial charge < -0.3 is 15.2 Å². The number of aliphatic hydroxyl groups excluding tert-OH is 1. The third-order valence-corrected chi connectivity index (χ3v) is 5.24. The lowest BCUT2D eigenvalue weighted by Crippen LogP contribution is -2.50. The number of aliphatic hydroxyl groups is 1. The van der Waals surface area contributed by atoms with Gasteiger partial charge in [0, 0.05) is 13.1 Å². The Kier molecular flexibility index (Phi) is 4.98. The molecule has 1 unspecified atom stereocenters. The monoisotopic (exact) mass is 300 g/mol. The molecule has 20 heavy (non-hydrogen) atoms. The summed E-state index contributed by atoms with van der Waals surface area (Å²) in [5.74, 6) is 0. The first-order chi connectivity index (χ1) is 9.61. The smallest absolute Gasteiger partial charge is 0.245 e. The number of nitrogens with zero attached hydrogens (tertiary/aromatic N) is 1. The minimum Gasteiger partial charge on any atom is -0.395 e. The molecule has 1 atom stereocenters. The third-order valence-electron chi connectivity index (χ3n) is 3.23. The van der Waals surface area contributed by atoms with Gasteiger partial charge in [-0.25, -0.2) is 8.42 Å². The van der Waals surface area contributed by atoms with Crippen molar-refractivity contribution < 1.29 is 18.3 Å². The fourth-order valence-corrected chi connectivity index (χ4v) is 4.01. The zero-order valence-electron chi connectivity index (χ0n) is 11.4. The van der Waals surface area contributed by atoms with Gasteiger partial charge in [0.1, 0.15) is 4.90 Å². The lowest BCUT2D eigenvalue weighted by atomic mass is 10.3. The number of rotatable bonds is 5. The summed E-state index contributed by atoms with van der Waals surface area (Å²) in [5, 5.41) is 12.4. The lowest BCUT2D eigenvalue weighted by molar-refractivity contribution is 0.0109. The van der Waals surface area contributed by atoms with Crippen molar-refractivity contribution in [1.82, 2.24) is 4.31 Å². The van der Waals surface area contributed by atoms with E-state index in [-0.39, 0.29) is 24.7 Å². The molecule has 112 valence electrons. The van der Waals surface area contributed by atoms with Crippen molar-refractivity contribution in [2.24, 2.45) is 0 Å². The predicted octanol–water partition coefficient (Wildman–Crippen LogP) is 0.500. The second-order valence-corrected chi connectivity index (χ2v) is 6.41. The van der Waals surface area contributed by atoms with Crippen LogP contribution >= 0.6 is 0 Å². The summed E-state index contributed by atoms with van der Waals surface area (Å²) < 4.78 is 32.1. The Morgan fingerprint density at radius 3 is 2.90 bits per heavy atom. The van der Waals surface area contributed by atoms with Crippen molar-refractivity contribution in [1.29, 1.82) is 0 Å². The highest BCUT2D eigenvalue weighted by Crippen LogP contribution is 2.26. The summed E-state index contributed by atoms with van der Waals surface area (Å²) >= 11 is 0. The van der Waals surface area contributed by atoms with E-state index in [1.54, 1.807) is 24.3 Å². The highest BCUT2D eigenvalue weighted by molar-refractivity contribution is 7.89. The second-order valence-electron chi connectivity index (χ2n) is 4.55. The zero-order valence-corrected chi connectivity index (χ0v) is 12.3. The number of para-hydroxylation sites is 1. The van der Waals surface area contributed by atoms with Crippen LogP contribution in [0.1, 0.15) is 6.92 Å². The Hall–Kier alpha value is -1.15. The van der Waals surface area contributed by atoms with E-state index in [1.165, 1.54) is 4.31 Å². The van der Waals surface area contributed by atoms with Crippen LogP contribution in [0.5, 0.6) is 0 Å². The van der Waals surface area contributed by atoms with E-state index < -0.39 is 16.1 Å². The molecule has 2 N–H and O–H groups in total. The molecule has 1 saturated heterocycles. The van der Waals surface area contributed by atoms with Crippen molar-refractivity contribution in [3.8, 4) is 0 Å². The molecule has 1 aromatic carbocycles. The topological polar surface area (TPSA) is 78.9 Å². The average molecular weight is 300 g/mol. The fourth-order valence-electron chi connectivity index (χ4n) is 2.25. The van der Waals surface area contributed by atoms with E-state index in [0.717, 1.165) is 0 Å². The molecule has 1 aromatic rings. The second kappa shape index (κ2) is 6.53. The van der Waals surface area contributed by atoms with E-state index in [2.05, 4.69) is 5.32 Å². The molecule has 1 aliphatic heterocycles. The summed E-state index contributed by atoms with van der Waals surface area (Å²) in [6.07, 6.45) is 0. The van der Waals surface area contributed by atoms with Gasteiger partial charge in [0.15, 0.2) is 0 Å². The molecular weight excluding hydrogens is 280 g/mol. The minimum atomic E-state index is -3.65. The Morgan fingerprint density at radius 1 is 1.45 bits per heavy atom. The molecule has 0 bridgehead atoms. The van der Waals surface area contributed by atoms with Crippen LogP contribution in [-0.4, -0.2) is 56.8 Å². The van der Waals surface area contributed by atoms with Crippen molar-refractivity contribution in [3.05, 3.63) is 24.3 Å². The van der Waals surface area contributed by atoms with Crippen LogP contribution in [0.3, 0.4) is 0 Å². The van der Waals surface area contributed by atoms with Gasteiger partial charge in [-0.2, -0.15) is 4.31 Å². The molecule has 6 nitrogen and oxygen atoms in total. The van der Waals surface area contributed by atoms with Crippen molar-refractivity contribution in [2.45, 2.75) is 17.9 Å². The maximum atomic E-state index is 12.8. The third kappa shape index (κ3) is 2.95. The van der Waals surface area contributed by atoms with Crippen LogP contribution < -0.4 is 5.32 Å². The van der Waals surface area contributed by atoms with Crippen molar-refractivity contribution in [3.63, 3.8) is 0 Å². The number of nitrogens with one attached hydrogen (secondary N) is 1. The quantitative estimate of drug-likeness (QED) is 0.828. The maximum Gasteiger partial charge on any atom is 0.245 e. The van der Waals surface area contributed by atoms with E-state index >= 15 is 0 Å². The van der Waals surface area contributed by atoms with Crippen LogP contribution in [0.2, 0.25) is 0 Å². The van der Waals surface area contributed by atoms with Crippen LogP contribution in [0.25, 0.3) is 0 Å². The number of hydrogen-bond acceptors (Lipinski definition) is 5. The van der Waals surface area contributed by atoms with Crippen LogP contribution in [-0.2, 0) is 14.8 Å². The molecule has 0 amide bonds. The Labute approximate surface area is 119 Å². The molecule has 1 heterocycles. The number of sulfonamides is 1. The van der Waals surface area contributed by atoms with E-state index in [1.807, 2.05) is 6.92 Å². The lowest BCUT2D eigenvalue weighted by Gasteiger charge is -2.33. The standard InChI is InChI=1S/C13H20N2O4S/c1-2-14-12-5-3-4-6-13(12)20(17,18)15-7-8-19-10-11(15)9-16/h3-6,11,14,16H,2,7-10H2,1H3. The summed E-state index contributed by atoms with van der Waals surface area (Å²) in [6.45, 7) is 3.13. The SMILES string of the molecule is CCNc1ccccc1S(=O)(=O)N1CCOCC1CO. The fraction of sp³-hybridized carbons (Fsp3) is 0.538. The summed E-state index contributed by atoms with van der Waals surface area (Å²) in [7, 11) is -3.65. The predicted molar refractivity (Wildman–Crippen MR) is 76.2 cm³/mol. The van der Waals surface area contributed by atoms with Crippen LogP contribution in [0.4, 0.5) is 5.69 Å². The number of ether oxygens (including phenoxy) is 1. The number of morpholine rings is 1. The Morgan fingerprint density at radius 2 is 2.20 bits per heavy atom. The summed E-state index contributed by atoms with van der Waals surface area (Å²) in [6, 6.07) is 6.28. The highest BCUT2D eigenvalue weighted by atomic mass is 32.2. The van der Waals surface area contributed by atoms with Gasteiger partial charge in [0.05, 0.1) is 31.5 Å². The van der Waals surface area contributed by atoms with Crippen molar-refractivity contribution >= 4 is 15.7 Å². The van der Waals surface area contributed by atoms with E-state index in [0.29, 0.717) is 18.8 Å². The van der Waals surface area contributed by atoms with Crippen molar-refractivity contribution in [2.75, 3.05) is 38.2 Å². The first kappa shape index (κ1) is 15.2. The van der Waals surface area contributed by atoms with Gasteiger partial charge in [-0.05, 0) is 19.1 Å². The first-order valence-electron chi connectivity index (χ1n) is 6.64. The van der Waals surface area contributed by atoms with Gasteiger partial charge in [-0.15, -0.1) is 0 Å². The van der Waals surface area contributed by atoms with E-state index in [9.17, 15) is 13.5 Å². The van der Waals surface area contributed by atoms with E-state index in [4.69, 9.17) is 4.74 Å². The molecular formula is C13H20N2O4S. The molecule has 1 fully saturated rings. The van der Waals surface area contributed by atoms with Gasteiger partial charge in [0.2, 0.25) is 10.0 Å². The van der Waals surface area contributed by atoms with Gasteiger partial charge in [0.25, 0.3) is 0 Å². The first-order valence-corrected chi connectivity index (χ1v) is 8.08. The van der Waals surface area contributed by atoms with Crippen LogP contribution in [0.15, 0.2) is 29.2 Å². The van der Waals surface area contributed by atoms with Gasteiger partial charge in [-0.3, -0.25) is 0 Å². The summed E-state index contributed by atoms with van der Waals surface area (Å²) in [4.78, 5) is 0.238. The molecule has 0 aromatic heterocycles. The Balaban J connectivity index is 2.38. The largest absolute Gasteiger partial charge is 0.395 e. The molecule has 2 rings (SSSR count). The molecule has 0 radical (unpaired) electrons. The van der Waals surface area contributed by atoms with Gasteiger partial charge >= 0.3 is 0 Å². The normalized spacial score (nSPS) is 20.8. The minimum absolute atomic E-state index is 0.221. The van der Waals surface area contributed by atoms with Gasteiger partial charge in [-0.1, -0.05) is 12.1 Å². The Bertz CT molecular complexity index is 547. The molecule has 0 aliphatic carbocycles. The number of anilines is 1. The molecule has 1 aliphatic rings. The zero-order chi connectivity index (χ0) is 14.6. The number of benzene rings is 1. The average Bonchev–Trinajstić information content (AvgIpc) is 2.48. The molecule has 7 heteroatoms. The number of hydrogen-bond donors (Lipinski definition) is 2. The van der Waals surface area contributed by atoms with Crippen LogP contribution in [0, 0.1) is 0 Å². The highest BCUT2D eigenvalue weighted by Gasteiger charge is 2.34. The summed E-state index contributed by atoms with van der Waals surface area (Å²) in [5.41, 5.74) is 0.582. The molecule has 0 saturated carbocycles. The maximum absolute atomic E-state index is 12.8.